The highest BCUT2D eigenvalue weighted by Crippen LogP contribution is 2.41. The van der Waals surface area contributed by atoms with E-state index in [0.717, 1.165) is 59.5 Å². The van der Waals surface area contributed by atoms with Gasteiger partial charge in [-0.15, -0.1) is 0 Å². The number of benzene rings is 1. The van der Waals surface area contributed by atoms with Gasteiger partial charge in [-0.05, 0) is 44.0 Å². The zero-order valence-electron chi connectivity index (χ0n) is 15.6. The molecule has 1 aliphatic carbocycles. The summed E-state index contributed by atoms with van der Waals surface area (Å²) in [4.78, 5) is 17.1. The van der Waals surface area contributed by atoms with Gasteiger partial charge in [-0.3, -0.25) is 0 Å². The Kier molecular flexibility index (Phi) is 3.97. The number of imidazole rings is 1. The van der Waals surface area contributed by atoms with Crippen molar-refractivity contribution in [3.8, 4) is 11.4 Å². The van der Waals surface area contributed by atoms with Crippen LogP contribution in [0.25, 0.3) is 22.6 Å². The Morgan fingerprint density at radius 3 is 2.48 bits per heavy atom. The molecule has 3 heterocycles. The molecular formula is C20H24N6O. The van der Waals surface area contributed by atoms with Crippen molar-refractivity contribution >= 4 is 22.7 Å². The summed E-state index contributed by atoms with van der Waals surface area (Å²) in [5.74, 6) is 3.37. The van der Waals surface area contributed by atoms with E-state index in [-0.39, 0.29) is 0 Å². The van der Waals surface area contributed by atoms with Crippen LogP contribution in [0.1, 0.15) is 31.5 Å². The standard InChI is InChI=1S/C20H24N6O/c1-2-26-18(14-3-4-14)22-16-19(25-9-11-27-12-10-25)23-17(24-20(16)26)13-5-7-15(21)8-6-13/h5-8,14H,2-4,9-12,21H2,1H3. The number of ether oxygens (including phenoxy) is 1. The first-order valence-electron chi connectivity index (χ1n) is 9.71. The van der Waals surface area contributed by atoms with Crippen LogP contribution in [0.4, 0.5) is 11.5 Å². The fourth-order valence-electron chi connectivity index (χ4n) is 3.73. The lowest BCUT2D eigenvalue weighted by molar-refractivity contribution is 0.122. The topological polar surface area (TPSA) is 82.1 Å². The molecule has 1 aliphatic heterocycles. The van der Waals surface area contributed by atoms with E-state index in [2.05, 4.69) is 16.4 Å². The van der Waals surface area contributed by atoms with E-state index < -0.39 is 0 Å². The summed E-state index contributed by atoms with van der Waals surface area (Å²) >= 11 is 0. The highest BCUT2D eigenvalue weighted by molar-refractivity contribution is 5.86. The number of nitrogen functional groups attached to an aromatic ring is 1. The van der Waals surface area contributed by atoms with Gasteiger partial charge < -0.3 is 19.9 Å². The van der Waals surface area contributed by atoms with Gasteiger partial charge in [-0.2, -0.15) is 0 Å². The van der Waals surface area contributed by atoms with Gasteiger partial charge in [0.1, 0.15) is 5.82 Å². The number of morpholine rings is 1. The molecule has 0 atom stereocenters. The molecule has 0 radical (unpaired) electrons. The number of aromatic nitrogens is 4. The number of rotatable bonds is 4. The van der Waals surface area contributed by atoms with Crippen LogP contribution in [-0.4, -0.2) is 45.8 Å². The molecule has 5 rings (SSSR count). The van der Waals surface area contributed by atoms with Crippen LogP contribution in [0.15, 0.2) is 24.3 Å². The second-order valence-electron chi connectivity index (χ2n) is 7.25. The first-order chi connectivity index (χ1) is 13.2. The molecule has 2 aromatic heterocycles. The molecule has 2 aliphatic rings. The first-order valence-corrected chi connectivity index (χ1v) is 9.71. The minimum Gasteiger partial charge on any atom is -0.399 e. The zero-order chi connectivity index (χ0) is 18.4. The van der Waals surface area contributed by atoms with E-state index >= 15 is 0 Å². The monoisotopic (exact) mass is 364 g/mol. The van der Waals surface area contributed by atoms with Gasteiger partial charge in [0.15, 0.2) is 22.8 Å². The molecule has 27 heavy (non-hydrogen) atoms. The van der Waals surface area contributed by atoms with Gasteiger partial charge >= 0.3 is 0 Å². The van der Waals surface area contributed by atoms with Gasteiger partial charge in [0, 0.05) is 36.8 Å². The summed E-state index contributed by atoms with van der Waals surface area (Å²) in [6.07, 6.45) is 2.43. The van der Waals surface area contributed by atoms with Crippen LogP contribution in [0.5, 0.6) is 0 Å². The number of hydrogen-bond acceptors (Lipinski definition) is 6. The number of fused-ring (bicyclic) bond motifs is 1. The molecule has 140 valence electrons. The molecule has 0 amide bonds. The van der Waals surface area contributed by atoms with Crippen LogP contribution < -0.4 is 10.6 Å². The summed E-state index contributed by atoms with van der Waals surface area (Å²) in [5, 5.41) is 0. The lowest BCUT2D eigenvalue weighted by atomic mass is 10.2. The van der Waals surface area contributed by atoms with Crippen molar-refractivity contribution in [1.82, 2.24) is 19.5 Å². The number of aryl methyl sites for hydroxylation is 1. The molecule has 7 heteroatoms. The smallest absolute Gasteiger partial charge is 0.166 e. The van der Waals surface area contributed by atoms with Gasteiger partial charge in [0.05, 0.1) is 13.2 Å². The number of hydrogen-bond donors (Lipinski definition) is 1. The second kappa shape index (κ2) is 6.49. The highest BCUT2D eigenvalue weighted by Gasteiger charge is 2.31. The van der Waals surface area contributed by atoms with E-state index in [9.17, 15) is 0 Å². The van der Waals surface area contributed by atoms with Crippen LogP contribution in [0, 0.1) is 0 Å². The van der Waals surface area contributed by atoms with Crippen LogP contribution in [0.3, 0.4) is 0 Å². The van der Waals surface area contributed by atoms with Crippen LogP contribution in [-0.2, 0) is 11.3 Å². The molecule has 1 aromatic carbocycles. The second-order valence-corrected chi connectivity index (χ2v) is 7.25. The van der Waals surface area contributed by atoms with Gasteiger partial charge in [-0.25, -0.2) is 15.0 Å². The predicted molar refractivity (Wildman–Crippen MR) is 106 cm³/mol. The maximum absolute atomic E-state index is 5.85. The molecule has 2 fully saturated rings. The van der Waals surface area contributed by atoms with E-state index in [1.807, 2.05) is 24.3 Å². The molecule has 7 nitrogen and oxygen atoms in total. The largest absolute Gasteiger partial charge is 0.399 e. The Morgan fingerprint density at radius 2 is 1.81 bits per heavy atom. The van der Waals surface area contributed by atoms with Crippen molar-refractivity contribution in [2.24, 2.45) is 0 Å². The normalized spacial score (nSPS) is 17.6. The van der Waals surface area contributed by atoms with Crippen LogP contribution >= 0.6 is 0 Å². The fraction of sp³-hybridized carbons (Fsp3) is 0.450. The maximum Gasteiger partial charge on any atom is 0.166 e. The number of nitrogens with two attached hydrogens (primary N) is 1. The fourth-order valence-corrected chi connectivity index (χ4v) is 3.73. The summed E-state index contributed by atoms with van der Waals surface area (Å²) in [6, 6.07) is 7.75. The average Bonchev–Trinajstić information content (AvgIpc) is 3.49. The Labute approximate surface area is 158 Å². The Bertz CT molecular complexity index is 970. The summed E-state index contributed by atoms with van der Waals surface area (Å²) in [6.45, 7) is 6.10. The van der Waals surface area contributed by atoms with Gasteiger partial charge in [0.2, 0.25) is 0 Å². The lowest BCUT2D eigenvalue weighted by Gasteiger charge is -2.28. The van der Waals surface area contributed by atoms with E-state index in [4.69, 9.17) is 25.4 Å². The minimum absolute atomic E-state index is 0.566. The third kappa shape index (κ3) is 2.92. The van der Waals surface area contributed by atoms with Crippen molar-refractivity contribution in [3.05, 3.63) is 30.1 Å². The maximum atomic E-state index is 5.85. The van der Waals surface area contributed by atoms with Gasteiger partial charge in [0.25, 0.3) is 0 Å². The summed E-state index contributed by atoms with van der Waals surface area (Å²) < 4.78 is 7.80. The minimum atomic E-state index is 0.566. The van der Waals surface area contributed by atoms with Gasteiger partial charge in [-0.1, -0.05) is 0 Å². The van der Waals surface area contributed by atoms with Crippen molar-refractivity contribution in [2.75, 3.05) is 36.9 Å². The quantitative estimate of drug-likeness (QED) is 0.717. The van der Waals surface area contributed by atoms with E-state index in [1.54, 1.807) is 0 Å². The molecule has 0 unspecified atom stereocenters. The molecule has 0 bridgehead atoms. The highest BCUT2D eigenvalue weighted by atomic mass is 16.5. The average molecular weight is 364 g/mol. The zero-order valence-corrected chi connectivity index (χ0v) is 15.6. The van der Waals surface area contributed by atoms with Crippen molar-refractivity contribution in [3.63, 3.8) is 0 Å². The third-order valence-electron chi connectivity index (χ3n) is 5.34. The SMILES string of the molecule is CCn1c(C2CC2)nc2c(N3CCOCC3)nc(-c3ccc(N)cc3)nc21. The summed E-state index contributed by atoms with van der Waals surface area (Å²) in [5.41, 5.74) is 9.41. The molecule has 0 spiro atoms. The summed E-state index contributed by atoms with van der Waals surface area (Å²) in [7, 11) is 0. The number of anilines is 2. The molecular weight excluding hydrogens is 340 g/mol. The Balaban J connectivity index is 1.72. The third-order valence-corrected chi connectivity index (χ3v) is 5.34. The Hall–Kier alpha value is -2.67. The first kappa shape index (κ1) is 16.5. The van der Waals surface area contributed by atoms with Crippen molar-refractivity contribution < 1.29 is 4.74 Å². The van der Waals surface area contributed by atoms with Crippen LogP contribution in [0.2, 0.25) is 0 Å². The molecule has 3 aromatic rings. The van der Waals surface area contributed by atoms with Crippen molar-refractivity contribution in [2.45, 2.75) is 32.2 Å². The lowest BCUT2D eigenvalue weighted by Crippen LogP contribution is -2.37. The Morgan fingerprint density at radius 1 is 1.07 bits per heavy atom. The number of nitrogens with zero attached hydrogens (tertiary/aromatic N) is 5. The molecule has 1 saturated heterocycles. The predicted octanol–water partition coefficient (Wildman–Crippen LogP) is 2.81. The molecule has 1 saturated carbocycles. The van der Waals surface area contributed by atoms with E-state index in [0.29, 0.717) is 19.1 Å². The van der Waals surface area contributed by atoms with E-state index in [1.165, 1.54) is 12.8 Å². The molecule has 2 N–H and O–H groups in total. The van der Waals surface area contributed by atoms with Crippen molar-refractivity contribution in [1.29, 1.82) is 0 Å².